The summed E-state index contributed by atoms with van der Waals surface area (Å²) in [5.41, 5.74) is 6.92. The van der Waals surface area contributed by atoms with Crippen molar-refractivity contribution < 1.29 is 9.53 Å². The van der Waals surface area contributed by atoms with Crippen molar-refractivity contribution >= 4 is 34.8 Å². The van der Waals surface area contributed by atoms with Gasteiger partial charge in [0.15, 0.2) is 4.80 Å². The monoisotopic (exact) mass is 591 g/mol. The Morgan fingerprint density at radius 3 is 2.42 bits per heavy atom. The van der Waals surface area contributed by atoms with Crippen LogP contribution in [0.2, 0.25) is 0 Å². The average molecular weight is 592 g/mol. The van der Waals surface area contributed by atoms with Crippen LogP contribution in [0.15, 0.2) is 88.2 Å². The summed E-state index contributed by atoms with van der Waals surface area (Å²) in [6.07, 6.45) is 4.41. The number of carbonyl (C=O) groups excluding carboxylic acids is 1. The van der Waals surface area contributed by atoms with Crippen molar-refractivity contribution in [2.24, 2.45) is 4.99 Å². The number of hydrogen-bond donors (Lipinski definition) is 0. The fourth-order valence-corrected chi connectivity index (χ4v) is 6.95. The molecule has 1 saturated heterocycles. The lowest BCUT2D eigenvalue weighted by Gasteiger charge is -2.26. The molecule has 0 N–H and O–H groups in total. The second kappa shape index (κ2) is 12.2. The van der Waals surface area contributed by atoms with Crippen molar-refractivity contribution in [3.05, 3.63) is 126 Å². The fourth-order valence-electron chi connectivity index (χ4n) is 5.95. The molecule has 2 aliphatic rings. The highest BCUT2D eigenvalue weighted by molar-refractivity contribution is 7.07. The zero-order valence-corrected chi connectivity index (χ0v) is 26.0. The number of carbonyl (C=O) groups is 1. The molecule has 0 spiro atoms. The number of benzene rings is 3. The molecule has 0 saturated carbocycles. The Morgan fingerprint density at radius 1 is 1.05 bits per heavy atom. The molecule has 43 heavy (non-hydrogen) atoms. The lowest BCUT2D eigenvalue weighted by Crippen LogP contribution is -2.40. The Bertz CT molecular complexity index is 1860. The molecule has 6 rings (SSSR count). The minimum Gasteiger partial charge on any atom is -0.463 e. The Morgan fingerprint density at radius 2 is 1.77 bits per heavy atom. The predicted octanol–water partition coefficient (Wildman–Crippen LogP) is 5.97. The van der Waals surface area contributed by atoms with Crippen LogP contribution in [0.4, 0.5) is 5.69 Å². The number of anilines is 1. The van der Waals surface area contributed by atoms with Crippen molar-refractivity contribution in [3.8, 4) is 0 Å². The fraction of sp³-hybridized carbons (Fsp3) is 0.306. The lowest BCUT2D eigenvalue weighted by molar-refractivity contribution is -0.138. The predicted molar refractivity (Wildman–Crippen MR) is 174 cm³/mol. The topological polar surface area (TPSA) is 63.9 Å². The maximum Gasteiger partial charge on any atom is 0.338 e. The quantitative estimate of drug-likeness (QED) is 0.249. The summed E-state index contributed by atoms with van der Waals surface area (Å²) < 4.78 is 7.85. The average Bonchev–Trinajstić information content (AvgIpc) is 3.66. The van der Waals surface area contributed by atoms with Crippen LogP contribution >= 0.6 is 11.3 Å². The van der Waals surface area contributed by atoms with Gasteiger partial charge in [-0.25, -0.2) is 9.79 Å². The molecule has 6 nitrogen and oxygen atoms in total. The molecule has 4 aromatic rings. The standard InChI is InChI=1S/C36H37N3O3S/c1-5-42-35(41)31-32(26-11-7-6-8-12-26)37-36-39(33(31)27-15-13-25(14-16-27)23(2)3)34(40)30(43-36)22-28-17-18-29(21-24(28)4)38-19-9-10-20-38/h6-8,11-18,21-23,33H,5,9-10,19-20H2,1-4H3/b30-22+/t33-/m0/s1. The minimum atomic E-state index is -0.674. The summed E-state index contributed by atoms with van der Waals surface area (Å²) in [5, 5.41) is 0. The first kappa shape index (κ1) is 28.9. The molecular weight excluding hydrogens is 554 g/mol. The van der Waals surface area contributed by atoms with Gasteiger partial charge < -0.3 is 9.64 Å². The first-order chi connectivity index (χ1) is 20.9. The molecule has 3 aromatic carbocycles. The zero-order chi connectivity index (χ0) is 30.1. The molecule has 0 radical (unpaired) electrons. The van der Waals surface area contributed by atoms with Gasteiger partial charge in [-0.2, -0.15) is 0 Å². The Balaban J connectivity index is 1.56. The molecular formula is C36H37N3O3S. The van der Waals surface area contributed by atoms with Crippen LogP contribution in [0.1, 0.15) is 73.4 Å². The molecule has 1 aromatic heterocycles. The van der Waals surface area contributed by atoms with Crippen LogP contribution in [-0.2, 0) is 9.53 Å². The van der Waals surface area contributed by atoms with E-state index >= 15 is 0 Å². The summed E-state index contributed by atoms with van der Waals surface area (Å²) in [5.74, 6) is -0.109. The Kier molecular flexibility index (Phi) is 8.17. The van der Waals surface area contributed by atoms with Gasteiger partial charge in [-0.3, -0.25) is 9.36 Å². The third-order valence-electron chi connectivity index (χ3n) is 8.30. The van der Waals surface area contributed by atoms with E-state index < -0.39 is 12.0 Å². The number of esters is 1. The van der Waals surface area contributed by atoms with Gasteiger partial charge in [0.05, 0.1) is 28.5 Å². The van der Waals surface area contributed by atoms with E-state index in [4.69, 9.17) is 9.73 Å². The third-order valence-corrected chi connectivity index (χ3v) is 9.29. The first-order valence-corrected chi connectivity index (χ1v) is 15.9. The minimum absolute atomic E-state index is 0.168. The van der Waals surface area contributed by atoms with Crippen LogP contribution in [-0.4, -0.2) is 30.2 Å². The number of aryl methyl sites for hydroxylation is 1. The second-order valence-corrected chi connectivity index (χ2v) is 12.5. The van der Waals surface area contributed by atoms with Crippen molar-refractivity contribution in [2.75, 3.05) is 24.6 Å². The normalized spacial score (nSPS) is 16.9. The molecule has 220 valence electrons. The van der Waals surface area contributed by atoms with Crippen molar-refractivity contribution in [1.82, 2.24) is 4.57 Å². The van der Waals surface area contributed by atoms with Crippen LogP contribution < -0.4 is 19.8 Å². The summed E-state index contributed by atoms with van der Waals surface area (Å²) in [4.78, 5) is 35.9. The van der Waals surface area contributed by atoms with Gasteiger partial charge in [0.1, 0.15) is 0 Å². The molecule has 7 heteroatoms. The number of nitrogens with zero attached hydrogens (tertiary/aromatic N) is 3. The largest absolute Gasteiger partial charge is 0.463 e. The molecule has 0 amide bonds. The maximum atomic E-state index is 14.2. The Hall–Kier alpha value is -4.23. The van der Waals surface area contributed by atoms with E-state index in [1.54, 1.807) is 11.5 Å². The van der Waals surface area contributed by atoms with Gasteiger partial charge >= 0.3 is 5.97 Å². The zero-order valence-electron chi connectivity index (χ0n) is 25.2. The molecule has 3 heterocycles. The highest BCUT2D eigenvalue weighted by Gasteiger charge is 2.35. The maximum absolute atomic E-state index is 14.2. The van der Waals surface area contributed by atoms with Crippen molar-refractivity contribution in [1.29, 1.82) is 0 Å². The van der Waals surface area contributed by atoms with Gasteiger partial charge in [-0.15, -0.1) is 0 Å². The summed E-state index contributed by atoms with van der Waals surface area (Å²) in [6, 6.07) is 23.6. The summed E-state index contributed by atoms with van der Waals surface area (Å²) in [6.45, 7) is 10.6. The highest BCUT2D eigenvalue weighted by atomic mass is 32.1. The first-order valence-electron chi connectivity index (χ1n) is 15.1. The Labute approximate surface area is 256 Å². The van der Waals surface area contributed by atoms with Crippen LogP contribution in [0.5, 0.6) is 0 Å². The van der Waals surface area contributed by atoms with Gasteiger partial charge in [0, 0.05) is 24.3 Å². The van der Waals surface area contributed by atoms with E-state index in [2.05, 4.69) is 56.0 Å². The molecule has 0 aliphatic carbocycles. The van der Waals surface area contributed by atoms with E-state index in [9.17, 15) is 9.59 Å². The van der Waals surface area contributed by atoms with Gasteiger partial charge in [0.25, 0.3) is 5.56 Å². The second-order valence-electron chi connectivity index (χ2n) is 11.5. The van der Waals surface area contributed by atoms with E-state index in [-0.39, 0.29) is 12.2 Å². The number of ether oxygens (including phenoxy) is 1. The van der Waals surface area contributed by atoms with Gasteiger partial charge in [-0.05, 0) is 73.1 Å². The van der Waals surface area contributed by atoms with Gasteiger partial charge in [-0.1, -0.05) is 85.8 Å². The molecule has 0 unspecified atom stereocenters. The van der Waals surface area contributed by atoms with Crippen molar-refractivity contribution in [3.63, 3.8) is 0 Å². The van der Waals surface area contributed by atoms with E-state index in [0.29, 0.717) is 26.5 Å². The van der Waals surface area contributed by atoms with Crippen molar-refractivity contribution in [2.45, 2.75) is 52.5 Å². The molecule has 1 fully saturated rings. The SMILES string of the molecule is CCOC(=O)C1=C(c2ccccc2)N=c2s/c(=C/c3ccc(N4CCCC4)cc3C)c(=O)n2[C@H]1c1ccc(C(C)C)cc1. The van der Waals surface area contributed by atoms with E-state index in [1.807, 2.05) is 48.5 Å². The summed E-state index contributed by atoms with van der Waals surface area (Å²) in [7, 11) is 0. The molecule has 2 aliphatic heterocycles. The molecule has 1 atom stereocenters. The lowest BCUT2D eigenvalue weighted by atomic mass is 9.91. The van der Waals surface area contributed by atoms with Gasteiger partial charge in [0.2, 0.25) is 0 Å². The third kappa shape index (κ3) is 5.62. The van der Waals surface area contributed by atoms with E-state index in [1.165, 1.54) is 35.4 Å². The summed E-state index contributed by atoms with van der Waals surface area (Å²) >= 11 is 1.36. The van der Waals surface area contributed by atoms with Crippen LogP contribution in [0, 0.1) is 6.92 Å². The number of aromatic nitrogens is 1. The number of hydrogen-bond acceptors (Lipinski definition) is 6. The van der Waals surface area contributed by atoms with Crippen LogP contribution in [0.25, 0.3) is 11.8 Å². The molecule has 0 bridgehead atoms. The highest BCUT2D eigenvalue weighted by Crippen LogP contribution is 2.35. The number of thiazole rings is 1. The number of rotatable bonds is 7. The van der Waals surface area contributed by atoms with Crippen LogP contribution in [0.3, 0.4) is 0 Å². The van der Waals surface area contributed by atoms with E-state index in [0.717, 1.165) is 35.3 Å². The number of fused-ring (bicyclic) bond motifs is 1. The smallest absolute Gasteiger partial charge is 0.338 e.